The lowest BCUT2D eigenvalue weighted by Gasteiger charge is -1.97. The first-order chi connectivity index (χ1) is 5.65. The van der Waals surface area contributed by atoms with Crippen LogP contribution in [0.2, 0.25) is 0 Å². The molecule has 0 aliphatic rings. The molecular weight excluding hydrogens is 176 g/mol. The summed E-state index contributed by atoms with van der Waals surface area (Å²) >= 11 is 0. The van der Waals surface area contributed by atoms with E-state index in [1.165, 1.54) is 12.1 Å². The fourth-order valence-corrected chi connectivity index (χ4v) is 1.31. The second-order valence-corrected chi connectivity index (χ2v) is 3.45. The summed E-state index contributed by atoms with van der Waals surface area (Å²) in [5.41, 5.74) is 1.21. The average molecular weight is 184 g/mol. The van der Waals surface area contributed by atoms with Gasteiger partial charge in [-0.25, -0.2) is 8.42 Å². The first-order valence-electron chi connectivity index (χ1n) is 3.35. The van der Waals surface area contributed by atoms with Crippen LogP contribution in [0.5, 0.6) is 0 Å². The van der Waals surface area contributed by atoms with Gasteiger partial charge in [0.15, 0.2) is 10.7 Å². The average Bonchev–Trinajstić information content (AvgIpc) is 2.05. The monoisotopic (exact) mass is 184 g/mol. The Balaban J connectivity index is 3.31. The molecule has 0 saturated carbocycles. The van der Waals surface area contributed by atoms with Crippen molar-refractivity contribution in [2.24, 2.45) is 0 Å². The molecule has 0 aliphatic heterocycles. The summed E-state index contributed by atoms with van der Waals surface area (Å²) in [5, 5.41) is 0. The summed E-state index contributed by atoms with van der Waals surface area (Å²) in [6, 6.07) is 4.46. The Morgan fingerprint density at radius 2 is 2.00 bits per heavy atom. The zero-order valence-electron chi connectivity index (χ0n) is 6.48. The number of hydrogen-bond donors (Lipinski definition) is 1. The molecule has 0 fully saturated rings. The third-order valence-corrected chi connectivity index (χ3v) is 2.30. The maximum atomic E-state index is 10.5. The first-order valence-corrected chi connectivity index (χ1v) is 4.53. The highest BCUT2D eigenvalue weighted by molar-refractivity contribution is 7.72. The van der Waals surface area contributed by atoms with Crippen molar-refractivity contribution in [3.63, 3.8) is 0 Å². The van der Waals surface area contributed by atoms with Crippen molar-refractivity contribution in [2.45, 2.75) is 11.8 Å². The summed E-state index contributed by atoms with van der Waals surface area (Å²) < 4.78 is 21.0. The van der Waals surface area contributed by atoms with E-state index in [1.807, 2.05) is 0 Å². The largest absolute Gasteiger partial charge is 0.298 e. The van der Waals surface area contributed by atoms with E-state index in [2.05, 4.69) is 0 Å². The van der Waals surface area contributed by atoms with E-state index in [0.29, 0.717) is 11.8 Å². The van der Waals surface area contributed by atoms with Gasteiger partial charge in [0.1, 0.15) is 6.29 Å². The molecule has 1 rings (SSSR count). The lowest BCUT2D eigenvalue weighted by molar-refractivity contribution is 0.112. The SMILES string of the molecule is Cc1ccc([SH](=O)=O)cc1C=O. The number of thiol groups is 1. The highest BCUT2D eigenvalue weighted by atomic mass is 32.2. The molecule has 0 bridgehead atoms. The first kappa shape index (κ1) is 8.93. The van der Waals surface area contributed by atoms with Crippen LogP contribution in [-0.4, -0.2) is 14.7 Å². The molecule has 0 aliphatic carbocycles. The molecule has 0 radical (unpaired) electrons. The molecule has 4 heteroatoms. The number of carbonyl (C=O) groups excluding carboxylic acids is 1. The lowest BCUT2D eigenvalue weighted by atomic mass is 10.1. The summed E-state index contributed by atoms with van der Waals surface area (Å²) in [6.45, 7) is 1.76. The standard InChI is InChI=1S/C8H8O3S/c1-6-2-3-8(12(10)11)4-7(6)5-9/h2-5,12H,1H3. The van der Waals surface area contributed by atoms with Gasteiger partial charge < -0.3 is 0 Å². The number of aldehydes is 1. The summed E-state index contributed by atoms with van der Waals surface area (Å²) in [6.07, 6.45) is 0.650. The zero-order valence-corrected chi connectivity index (χ0v) is 7.38. The lowest BCUT2D eigenvalue weighted by Crippen LogP contribution is -1.88. The zero-order chi connectivity index (χ0) is 9.14. The maximum Gasteiger partial charge on any atom is 0.168 e. The Morgan fingerprint density at radius 3 is 2.50 bits per heavy atom. The smallest absolute Gasteiger partial charge is 0.168 e. The molecule has 1 aromatic carbocycles. The number of carbonyl (C=O) groups is 1. The fourth-order valence-electron chi connectivity index (χ4n) is 0.868. The summed E-state index contributed by atoms with van der Waals surface area (Å²) in [5.74, 6) is 0. The fraction of sp³-hybridized carbons (Fsp3) is 0.125. The topological polar surface area (TPSA) is 51.2 Å². The van der Waals surface area contributed by atoms with Crippen molar-refractivity contribution in [2.75, 3.05) is 0 Å². The van der Waals surface area contributed by atoms with E-state index in [1.54, 1.807) is 13.0 Å². The Bertz CT molecular complexity index is 372. The van der Waals surface area contributed by atoms with Gasteiger partial charge in [0.25, 0.3) is 0 Å². The van der Waals surface area contributed by atoms with E-state index < -0.39 is 10.7 Å². The van der Waals surface area contributed by atoms with Crippen molar-refractivity contribution >= 4 is 17.0 Å². The van der Waals surface area contributed by atoms with E-state index in [9.17, 15) is 13.2 Å². The third kappa shape index (κ3) is 1.71. The molecule has 64 valence electrons. The van der Waals surface area contributed by atoms with Gasteiger partial charge in [0.05, 0.1) is 4.90 Å². The minimum atomic E-state index is -2.59. The number of benzene rings is 1. The van der Waals surface area contributed by atoms with Gasteiger partial charge in [-0.2, -0.15) is 0 Å². The van der Waals surface area contributed by atoms with Crippen LogP contribution in [0.3, 0.4) is 0 Å². The van der Waals surface area contributed by atoms with Crippen molar-refractivity contribution in [3.05, 3.63) is 29.3 Å². The second-order valence-electron chi connectivity index (χ2n) is 2.42. The van der Waals surface area contributed by atoms with E-state index in [4.69, 9.17) is 0 Å². The molecule has 1 aromatic rings. The number of hydrogen-bond acceptors (Lipinski definition) is 3. The van der Waals surface area contributed by atoms with Crippen molar-refractivity contribution in [1.82, 2.24) is 0 Å². The molecular formula is C8H8O3S. The molecule has 0 unspecified atom stereocenters. The molecule has 0 N–H and O–H groups in total. The van der Waals surface area contributed by atoms with Crippen molar-refractivity contribution in [1.29, 1.82) is 0 Å². The van der Waals surface area contributed by atoms with Crippen LogP contribution in [-0.2, 0) is 10.7 Å². The van der Waals surface area contributed by atoms with Crippen LogP contribution in [0.4, 0.5) is 0 Å². The Kier molecular flexibility index (Phi) is 2.60. The van der Waals surface area contributed by atoms with Crippen LogP contribution in [0.15, 0.2) is 23.1 Å². The molecule has 0 atom stereocenters. The molecule has 0 amide bonds. The quantitative estimate of drug-likeness (QED) is 0.545. The van der Waals surface area contributed by atoms with Crippen molar-refractivity contribution < 1.29 is 13.2 Å². The molecule has 12 heavy (non-hydrogen) atoms. The molecule has 0 spiro atoms. The van der Waals surface area contributed by atoms with Crippen LogP contribution in [0, 0.1) is 6.92 Å². The minimum absolute atomic E-state index is 0.178. The van der Waals surface area contributed by atoms with Crippen molar-refractivity contribution in [3.8, 4) is 0 Å². The van der Waals surface area contributed by atoms with Crippen LogP contribution < -0.4 is 0 Å². The predicted octanol–water partition coefficient (Wildman–Crippen LogP) is 0.778. The summed E-state index contributed by atoms with van der Waals surface area (Å²) in [7, 11) is -2.59. The van der Waals surface area contributed by atoms with E-state index in [0.717, 1.165) is 5.56 Å². The molecule has 0 heterocycles. The van der Waals surface area contributed by atoms with Gasteiger partial charge >= 0.3 is 0 Å². The van der Waals surface area contributed by atoms with Gasteiger partial charge in [-0.3, -0.25) is 4.79 Å². The molecule has 0 saturated heterocycles. The van der Waals surface area contributed by atoms with Gasteiger partial charge in [-0.05, 0) is 24.6 Å². The van der Waals surface area contributed by atoms with E-state index >= 15 is 0 Å². The van der Waals surface area contributed by atoms with Crippen LogP contribution in [0.25, 0.3) is 0 Å². The minimum Gasteiger partial charge on any atom is -0.298 e. The van der Waals surface area contributed by atoms with Crippen LogP contribution in [0.1, 0.15) is 15.9 Å². The van der Waals surface area contributed by atoms with E-state index in [-0.39, 0.29) is 4.90 Å². The van der Waals surface area contributed by atoms with Crippen LogP contribution >= 0.6 is 0 Å². The van der Waals surface area contributed by atoms with Gasteiger partial charge in [0, 0.05) is 5.56 Å². The maximum absolute atomic E-state index is 10.5. The molecule has 3 nitrogen and oxygen atoms in total. The number of rotatable bonds is 2. The highest BCUT2D eigenvalue weighted by Gasteiger charge is 1.99. The highest BCUT2D eigenvalue weighted by Crippen LogP contribution is 2.09. The Hall–Kier alpha value is -1.16. The predicted molar refractivity (Wildman–Crippen MR) is 45.1 cm³/mol. The summed E-state index contributed by atoms with van der Waals surface area (Å²) in [4.78, 5) is 10.6. The number of aryl methyl sites for hydroxylation is 1. The molecule has 0 aromatic heterocycles. The van der Waals surface area contributed by atoms with Gasteiger partial charge in [0.2, 0.25) is 0 Å². The normalized spacial score (nSPS) is 10.2. The van der Waals surface area contributed by atoms with Gasteiger partial charge in [-0.1, -0.05) is 6.07 Å². The Labute approximate surface area is 72.0 Å². The third-order valence-electron chi connectivity index (χ3n) is 1.60. The van der Waals surface area contributed by atoms with Gasteiger partial charge in [-0.15, -0.1) is 0 Å². The Morgan fingerprint density at radius 1 is 1.33 bits per heavy atom. The second kappa shape index (κ2) is 3.49.